The van der Waals surface area contributed by atoms with Gasteiger partial charge >= 0.3 is 11.9 Å². The normalized spacial score (nSPS) is 14.2. The predicted octanol–water partition coefficient (Wildman–Crippen LogP) is 2.13. The molecule has 1 aromatic rings. The summed E-state index contributed by atoms with van der Waals surface area (Å²) in [7, 11) is 0. The molecule has 0 saturated carbocycles. The summed E-state index contributed by atoms with van der Waals surface area (Å²) in [6, 6.07) is 5.90. The van der Waals surface area contributed by atoms with Gasteiger partial charge < -0.3 is 14.6 Å². The third kappa shape index (κ3) is 5.47. The molecular formula is C17H19ClO6. The van der Waals surface area contributed by atoms with Crippen LogP contribution in [0.2, 0.25) is 0 Å². The molecule has 1 aromatic carbocycles. The first-order valence-electron chi connectivity index (χ1n) is 7.15. The standard InChI is InChI=1S/C17H19ClO6/c1-4-14(19)17(3,22)10-24-16(21)13-8-6-5-7-12(13)15(20)23-9-11(2)18/h4-8,11,22H,1,9-10H2,2-3H3. The van der Waals surface area contributed by atoms with E-state index in [1.165, 1.54) is 19.1 Å². The highest BCUT2D eigenvalue weighted by Crippen LogP contribution is 2.14. The van der Waals surface area contributed by atoms with Crippen LogP contribution in [0, 0.1) is 0 Å². The molecule has 0 radical (unpaired) electrons. The van der Waals surface area contributed by atoms with Gasteiger partial charge in [-0.25, -0.2) is 9.59 Å². The molecule has 6 nitrogen and oxygen atoms in total. The van der Waals surface area contributed by atoms with Crippen molar-refractivity contribution in [3.8, 4) is 0 Å². The van der Waals surface area contributed by atoms with Crippen LogP contribution < -0.4 is 0 Å². The monoisotopic (exact) mass is 354 g/mol. The Morgan fingerprint density at radius 1 is 1.25 bits per heavy atom. The van der Waals surface area contributed by atoms with E-state index in [2.05, 4.69) is 6.58 Å². The van der Waals surface area contributed by atoms with Gasteiger partial charge in [0.25, 0.3) is 0 Å². The number of hydrogen-bond donors (Lipinski definition) is 1. The molecule has 0 aliphatic heterocycles. The van der Waals surface area contributed by atoms with Crippen molar-refractivity contribution in [2.45, 2.75) is 24.8 Å². The Morgan fingerprint density at radius 3 is 2.21 bits per heavy atom. The van der Waals surface area contributed by atoms with Crippen LogP contribution in [-0.4, -0.2) is 47.0 Å². The van der Waals surface area contributed by atoms with Gasteiger partial charge in [0.2, 0.25) is 0 Å². The molecule has 1 rings (SSSR count). The topological polar surface area (TPSA) is 89.9 Å². The van der Waals surface area contributed by atoms with Gasteiger partial charge in [-0.15, -0.1) is 11.6 Å². The number of halogens is 1. The second-order valence-corrected chi connectivity index (χ2v) is 6.09. The van der Waals surface area contributed by atoms with Crippen LogP contribution in [0.5, 0.6) is 0 Å². The van der Waals surface area contributed by atoms with Crippen molar-refractivity contribution in [1.82, 2.24) is 0 Å². The van der Waals surface area contributed by atoms with Gasteiger partial charge in [-0.3, -0.25) is 4.79 Å². The molecule has 0 bridgehead atoms. The largest absolute Gasteiger partial charge is 0.461 e. The van der Waals surface area contributed by atoms with E-state index in [-0.39, 0.29) is 23.1 Å². The zero-order valence-corrected chi connectivity index (χ0v) is 14.2. The maximum atomic E-state index is 12.2. The lowest BCUT2D eigenvalue weighted by molar-refractivity contribution is -0.134. The molecule has 0 fully saturated rings. The molecule has 0 aliphatic carbocycles. The van der Waals surface area contributed by atoms with Crippen LogP contribution in [0.25, 0.3) is 0 Å². The van der Waals surface area contributed by atoms with Gasteiger partial charge in [0.1, 0.15) is 13.2 Å². The summed E-state index contributed by atoms with van der Waals surface area (Å²) in [6.07, 6.45) is 0.937. The summed E-state index contributed by atoms with van der Waals surface area (Å²) in [4.78, 5) is 35.6. The van der Waals surface area contributed by atoms with E-state index in [1.54, 1.807) is 19.1 Å². The number of carbonyl (C=O) groups is 3. The summed E-state index contributed by atoms with van der Waals surface area (Å²) in [5.41, 5.74) is -1.91. The lowest BCUT2D eigenvalue weighted by Crippen LogP contribution is -2.39. The van der Waals surface area contributed by atoms with Crippen LogP contribution in [0.15, 0.2) is 36.9 Å². The predicted molar refractivity (Wildman–Crippen MR) is 88.1 cm³/mol. The first-order valence-corrected chi connectivity index (χ1v) is 7.59. The molecule has 0 saturated heterocycles. The molecule has 7 heteroatoms. The van der Waals surface area contributed by atoms with Crippen LogP contribution in [0.4, 0.5) is 0 Å². The van der Waals surface area contributed by atoms with E-state index in [0.717, 1.165) is 6.08 Å². The van der Waals surface area contributed by atoms with E-state index in [9.17, 15) is 19.5 Å². The van der Waals surface area contributed by atoms with Gasteiger partial charge in [0, 0.05) is 0 Å². The average Bonchev–Trinajstić information content (AvgIpc) is 2.56. The summed E-state index contributed by atoms with van der Waals surface area (Å²) < 4.78 is 9.93. The fourth-order valence-electron chi connectivity index (χ4n) is 1.68. The van der Waals surface area contributed by atoms with Crippen molar-refractivity contribution >= 4 is 29.3 Å². The molecule has 24 heavy (non-hydrogen) atoms. The number of hydrogen-bond acceptors (Lipinski definition) is 6. The Morgan fingerprint density at radius 2 is 1.75 bits per heavy atom. The van der Waals surface area contributed by atoms with Crippen molar-refractivity contribution in [1.29, 1.82) is 0 Å². The van der Waals surface area contributed by atoms with Crippen LogP contribution >= 0.6 is 11.6 Å². The van der Waals surface area contributed by atoms with Crippen molar-refractivity contribution in [2.75, 3.05) is 13.2 Å². The molecule has 1 N–H and O–H groups in total. The Bertz CT molecular complexity index is 636. The highest BCUT2D eigenvalue weighted by atomic mass is 35.5. The Labute approximate surface area is 145 Å². The van der Waals surface area contributed by atoms with Gasteiger partial charge in [0.15, 0.2) is 11.4 Å². The number of ether oxygens (including phenoxy) is 2. The minimum atomic E-state index is -1.89. The minimum absolute atomic E-state index is 0.00762. The summed E-state index contributed by atoms with van der Waals surface area (Å²) in [6.45, 7) is 5.54. The smallest absolute Gasteiger partial charge is 0.339 e. The molecule has 2 atom stereocenters. The maximum Gasteiger partial charge on any atom is 0.339 e. The van der Waals surface area contributed by atoms with Gasteiger partial charge in [-0.2, -0.15) is 0 Å². The number of benzene rings is 1. The Balaban J connectivity index is 2.86. The second kappa shape index (κ2) is 8.61. The highest BCUT2D eigenvalue weighted by Gasteiger charge is 2.30. The third-order valence-corrected chi connectivity index (χ3v) is 3.14. The van der Waals surface area contributed by atoms with Crippen LogP contribution in [0.1, 0.15) is 34.6 Å². The van der Waals surface area contributed by atoms with E-state index in [4.69, 9.17) is 21.1 Å². The lowest BCUT2D eigenvalue weighted by atomic mass is 10.0. The number of carbonyl (C=O) groups excluding carboxylic acids is 3. The molecule has 2 unspecified atom stereocenters. The van der Waals surface area contributed by atoms with Gasteiger partial charge in [-0.1, -0.05) is 18.7 Å². The zero-order valence-electron chi connectivity index (χ0n) is 13.5. The molecule has 0 amide bonds. The molecule has 0 heterocycles. The number of esters is 2. The maximum absolute atomic E-state index is 12.2. The van der Waals surface area contributed by atoms with Crippen molar-refractivity contribution in [3.05, 3.63) is 48.0 Å². The van der Waals surface area contributed by atoms with Gasteiger partial charge in [0.05, 0.1) is 16.5 Å². The fourth-order valence-corrected chi connectivity index (χ4v) is 1.75. The van der Waals surface area contributed by atoms with Crippen molar-refractivity contribution < 1.29 is 29.0 Å². The zero-order chi connectivity index (χ0) is 18.3. The summed E-state index contributed by atoms with van der Waals surface area (Å²) >= 11 is 5.72. The lowest BCUT2D eigenvalue weighted by Gasteiger charge is -2.19. The number of aliphatic hydroxyl groups is 1. The van der Waals surface area contributed by atoms with Crippen molar-refractivity contribution in [2.24, 2.45) is 0 Å². The van der Waals surface area contributed by atoms with E-state index in [0.29, 0.717) is 0 Å². The first-order chi connectivity index (χ1) is 11.2. The minimum Gasteiger partial charge on any atom is -0.461 e. The van der Waals surface area contributed by atoms with E-state index in [1.807, 2.05) is 0 Å². The SMILES string of the molecule is C=CC(=O)C(C)(O)COC(=O)c1ccccc1C(=O)OCC(C)Cl. The molecule has 130 valence electrons. The van der Waals surface area contributed by atoms with Crippen LogP contribution in [0.3, 0.4) is 0 Å². The highest BCUT2D eigenvalue weighted by molar-refractivity contribution is 6.20. The first kappa shape index (κ1) is 19.9. The van der Waals surface area contributed by atoms with Gasteiger partial charge in [-0.05, 0) is 32.1 Å². The number of alkyl halides is 1. The summed E-state index contributed by atoms with van der Waals surface area (Å²) in [5, 5.41) is 9.53. The molecule has 0 aliphatic rings. The second-order valence-electron chi connectivity index (χ2n) is 5.34. The Hall–Kier alpha value is -2.18. The molecule has 0 spiro atoms. The average molecular weight is 355 g/mol. The third-order valence-electron chi connectivity index (χ3n) is 3.01. The Kier molecular flexibility index (Phi) is 7.13. The summed E-state index contributed by atoms with van der Waals surface area (Å²) in [5.74, 6) is -2.26. The quantitative estimate of drug-likeness (QED) is 0.437. The fraction of sp³-hybridized carbons (Fsp3) is 0.353. The molecular weight excluding hydrogens is 336 g/mol. The number of ketones is 1. The van der Waals surface area contributed by atoms with E-state index >= 15 is 0 Å². The van der Waals surface area contributed by atoms with Crippen molar-refractivity contribution in [3.63, 3.8) is 0 Å². The molecule has 0 aromatic heterocycles. The van der Waals surface area contributed by atoms with E-state index < -0.39 is 29.9 Å². The van der Waals surface area contributed by atoms with Crippen LogP contribution in [-0.2, 0) is 14.3 Å². The number of rotatable bonds is 8.